The van der Waals surface area contributed by atoms with E-state index >= 15 is 0 Å². The van der Waals surface area contributed by atoms with Crippen LogP contribution < -0.4 is 11.1 Å². The maximum atomic E-state index is 12.1. The first-order chi connectivity index (χ1) is 9.88. The van der Waals surface area contributed by atoms with E-state index in [0.29, 0.717) is 5.56 Å². The highest BCUT2D eigenvalue weighted by molar-refractivity contribution is 6.02. The van der Waals surface area contributed by atoms with Gasteiger partial charge in [0, 0.05) is 18.8 Å². The van der Waals surface area contributed by atoms with Gasteiger partial charge in [-0.2, -0.15) is 5.10 Å². The maximum Gasteiger partial charge on any atom is 0.337 e. The zero-order chi connectivity index (χ0) is 15.6. The number of amides is 1. The summed E-state index contributed by atoms with van der Waals surface area (Å²) in [6.45, 7) is 0. The number of aromatic carboxylic acids is 1. The summed E-state index contributed by atoms with van der Waals surface area (Å²) < 4.78 is 1.51. The number of aromatic nitrogens is 2. The number of benzene rings is 1. The molecule has 1 aromatic heterocycles. The summed E-state index contributed by atoms with van der Waals surface area (Å²) in [7, 11) is 1.69. The second kappa shape index (κ2) is 5.63. The van der Waals surface area contributed by atoms with Crippen molar-refractivity contribution in [1.29, 1.82) is 0 Å². The molecule has 1 unspecified atom stereocenters. The minimum absolute atomic E-state index is 0.0599. The number of carbonyl (C=O) groups is 2. The van der Waals surface area contributed by atoms with Gasteiger partial charge < -0.3 is 21.3 Å². The summed E-state index contributed by atoms with van der Waals surface area (Å²) in [6.07, 6.45) is 3.05. The van der Waals surface area contributed by atoms with Crippen molar-refractivity contribution >= 4 is 17.6 Å². The number of nitrogens with zero attached hydrogens (tertiary/aromatic N) is 2. The van der Waals surface area contributed by atoms with Gasteiger partial charge in [0.15, 0.2) is 0 Å². The number of hydrogen-bond donors (Lipinski definition) is 4. The van der Waals surface area contributed by atoms with Crippen LogP contribution >= 0.6 is 0 Å². The molecule has 1 amide bonds. The van der Waals surface area contributed by atoms with Crippen molar-refractivity contribution in [3.8, 4) is 5.75 Å². The number of hydrogen-bond acceptors (Lipinski definition) is 5. The summed E-state index contributed by atoms with van der Waals surface area (Å²) in [5.41, 5.74) is 6.14. The largest absolute Gasteiger partial charge is 0.508 e. The van der Waals surface area contributed by atoms with E-state index in [9.17, 15) is 14.7 Å². The first kappa shape index (κ1) is 14.5. The fourth-order valence-electron chi connectivity index (χ4n) is 1.78. The zero-order valence-corrected chi connectivity index (χ0v) is 11.1. The van der Waals surface area contributed by atoms with Crippen LogP contribution in [0.3, 0.4) is 0 Å². The predicted molar refractivity (Wildman–Crippen MR) is 73.8 cm³/mol. The Balaban J connectivity index is 2.22. The van der Waals surface area contributed by atoms with E-state index in [2.05, 4.69) is 10.4 Å². The molecule has 1 aromatic carbocycles. The minimum Gasteiger partial charge on any atom is -0.508 e. The number of carboxylic acid groups (broad SMARTS) is 1. The van der Waals surface area contributed by atoms with E-state index in [0.717, 1.165) is 6.07 Å². The third-order valence-electron chi connectivity index (χ3n) is 2.86. The number of carbonyl (C=O) groups excluding carboxylic acids is 1. The highest BCUT2D eigenvalue weighted by Crippen LogP contribution is 2.22. The molecule has 110 valence electrons. The van der Waals surface area contributed by atoms with E-state index in [-0.39, 0.29) is 17.0 Å². The molecule has 2 rings (SSSR count). The molecule has 5 N–H and O–H groups in total. The number of nitrogens with two attached hydrogens (primary N) is 1. The van der Waals surface area contributed by atoms with Crippen LogP contribution in [0, 0.1) is 0 Å². The fraction of sp³-hybridized carbons (Fsp3) is 0.154. The van der Waals surface area contributed by atoms with Crippen LogP contribution in [-0.4, -0.2) is 31.9 Å². The molecule has 0 aliphatic heterocycles. The normalized spacial score (nSPS) is 11.9. The Labute approximate surface area is 119 Å². The Bertz CT molecular complexity index is 695. The number of aromatic hydroxyl groups is 1. The summed E-state index contributed by atoms with van der Waals surface area (Å²) in [6, 6.07) is 2.65. The molecule has 0 saturated carbocycles. The second-order valence-electron chi connectivity index (χ2n) is 4.45. The molecule has 1 heterocycles. The number of rotatable bonds is 4. The topological polar surface area (TPSA) is 130 Å². The standard InChI is InChI=1S/C13H14N4O4/c1-17-6-7(5-15-17)11(14)12(19)16-10-3-2-8(18)4-9(10)13(20)21/h2-6,11,18H,14H2,1H3,(H,16,19)(H,20,21). The number of phenols is 1. The van der Waals surface area contributed by atoms with Crippen LogP contribution in [0.15, 0.2) is 30.6 Å². The maximum absolute atomic E-state index is 12.1. The monoisotopic (exact) mass is 290 g/mol. The molecule has 1 atom stereocenters. The molecule has 0 aliphatic carbocycles. The average molecular weight is 290 g/mol. The number of phenolic OH excluding ortho intramolecular Hbond substituents is 1. The molecule has 8 nitrogen and oxygen atoms in total. The third kappa shape index (κ3) is 3.18. The molecular formula is C13H14N4O4. The Morgan fingerprint density at radius 2 is 2.14 bits per heavy atom. The Hall–Kier alpha value is -2.87. The van der Waals surface area contributed by atoms with Crippen LogP contribution in [0.25, 0.3) is 0 Å². The molecular weight excluding hydrogens is 276 g/mol. The zero-order valence-electron chi connectivity index (χ0n) is 11.1. The lowest BCUT2D eigenvalue weighted by molar-refractivity contribution is -0.117. The lowest BCUT2D eigenvalue weighted by atomic mass is 10.1. The van der Waals surface area contributed by atoms with Gasteiger partial charge >= 0.3 is 5.97 Å². The quantitative estimate of drug-likeness (QED) is 0.605. The van der Waals surface area contributed by atoms with Crippen molar-refractivity contribution in [1.82, 2.24) is 9.78 Å². The van der Waals surface area contributed by atoms with E-state index in [1.807, 2.05) is 0 Å². The SMILES string of the molecule is Cn1cc(C(N)C(=O)Nc2ccc(O)cc2C(=O)O)cn1. The average Bonchev–Trinajstić information content (AvgIpc) is 2.86. The highest BCUT2D eigenvalue weighted by atomic mass is 16.4. The highest BCUT2D eigenvalue weighted by Gasteiger charge is 2.20. The molecule has 0 radical (unpaired) electrons. The molecule has 21 heavy (non-hydrogen) atoms. The lowest BCUT2D eigenvalue weighted by Gasteiger charge is -2.12. The number of nitrogens with one attached hydrogen (secondary N) is 1. The van der Waals surface area contributed by atoms with E-state index in [4.69, 9.17) is 10.8 Å². The third-order valence-corrected chi connectivity index (χ3v) is 2.86. The van der Waals surface area contributed by atoms with Crippen LogP contribution in [0.5, 0.6) is 5.75 Å². The molecule has 0 spiro atoms. The van der Waals surface area contributed by atoms with Crippen molar-refractivity contribution in [3.63, 3.8) is 0 Å². The fourth-order valence-corrected chi connectivity index (χ4v) is 1.78. The smallest absolute Gasteiger partial charge is 0.337 e. The second-order valence-corrected chi connectivity index (χ2v) is 4.45. The van der Waals surface area contributed by atoms with Crippen LogP contribution in [-0.2, 0) is 11.8 Å². The van der Waals surface area contributed by atoms with Gasteiger partial charge in [0.1, 0.15) is 11.8 Å². The summed E-state index contributed by atoms with van der Waals surface area (Å²) in [5.74, 6) is -2.05. The van der Waals surface area contributed by atoms with Crippen LogP contribution in [0.2, 0.25) is 0 Å². The van der Waals surface area contributed by atoms with Gasteiger partial charge in [-0.15, -0.1) is 0 Å². The molecule has 0 fully saturated rings. The summed E-state index contributed by atoms with van der Waals surface area (Å²) in [4.78, 5) is 23.1. The Morgan fingerprint density at radius 3 is 2.71 bits per heavy atom. The lowest BCUT2D eigenvalue weighted by Crippen LogP contribution is -2.28. The van der Waals surface area contributed by atoms with Gasteiger partial charge in [-0.25, -0.2) is 4.79 Å². The summed E-state index contributed by atoms with van der Waals surface area (Å²) >= 11 is 0. The van der Waals surface area contributed by atoms with Crippen molar-refractivity contribution in [2.24, 2.45) is 12.8 Å². The Morgan fingerprint density at radius 1 is 1.43 bits per heavy atom. The van der Waals surface area contributed by atoms with Crippen molar-refractivity contribution < 1.29 is 19.8 Å². The van der Waals surface area contributed by atoms with E-state index < -0.39 is 17.9 Å². The van der Waals surface area contributed by atoms with E-state index in [1.54, 1.807) is 13.2 Å². The van der Waals surface area contributed by atoms with Gasteiger partial charge in [-0.3, -0.25) is 9.48 Å². The Kier molecular flexibility index (Phi) is 3.90. The first-order valence-electron chi connectivity index (χ1n) is 6.00. The minimum atomic E-state index is -1.27. The van der Waals surface area contributed by atoms with Gasteiger partial charge in [0.2, 0.25) is 5.91 Å². The molecule has 8 heteroatoms. The van der Waals surface area contributed by atoms with Crippen LogP contribution in [0.1, 0.15) is 22.0 Å². The van der Waals surface area contributed by atoms with Crippen molar-refractivity contribution in [2.45, 2.75) is 6.04 Å². The van der Waals surface area contributed by atoms with Gasteiger partial charge in [0.25, 0.3) is 0 Å². The number of aryl methyl sites for hydroxylation is 1. The summed E-state index contributed by atoms with van der Waals surface area (Å²) in [5, 5.41) is 24.7. The van der Waals surface area contributed by atoms with Gasteiger partial charge in [0.05, 0.1) is 17.4 Å². The van der Waals surface area contributed by atoms with Gasteiger partial charge in [-0.1, -0.05) is 0 Å². The predicted octanol–water partition coefficient (Wildman–Crippen LogP) is 0.462. The number of anilines is 1. The van der Waals surface area contributed by atoms with Crippen molar-refractivity contribution in [3.05, 3.63) is 41.7 Å². The number of carboxylic acids is 1. The first-order valence-corrected chi connectivity index (χ1v) is 6.00. The van der Waals surface area contributed by atoms with Crippen LogP contribution in [0.4, 0.5) is 5.69 Å². The molecule has 2 aromatic rings. The molecule has 0 bridgehead atoms. The van der Waals surface area contributed by atoms with Gasteiger partial charge in [-0.05, 0) is 18.2 Å². The van der Waals surface area contributed by atoms with E-state index in [1.165, 1.54) is 23.0 Å². The molecule has 0 aliphatic rings. The molecule has 0 saturated heterocycles. The van der Waals surface area contributed by atoms with Crippen molar-refractivity contribution in [2.75, 3.05) is 5.32 Å².